The third kappa shape index (κ3) is 4.63. The standard InChI is InChI=1S/C17H21N3O3/c21-17(14-7-10-22-11-8-14)18-9-6-16-19-15(20-23-16)12-13-4-2-1-3-5-13/h1-5,14H,6-12H2,(H,18,21). The topological polar surface area (TPSA) is 77.3 Å². The molecule has 0 unspecified atom stereocenters. The zero-order valence-corrected chi connectivity index (χ0v) is 13.0. The van der Waals surface area contributed by atoms with Gasteiger partial charge in [-0.3, -0.25) is 4.79 Å². The molecule has 0 aliphatic carbocycles. The van der Waals surface area contributed by atoms with Crippen LogP contribution in [-0.2, 0) is 22.4 Å². The fourth-order valence-electron chi connectivity index (χ4n) is 2.64. The fraction of sp³-hybridized carbons (Fsp3) is 0.471. The molecule has 3 rings (SSSR count). The molecule has 6 nitrogen and oxygen atoms in total. The number of hydrogen-bond acceptors (Lipinski definition) is 5. The van der Waals surface area contributed by atoms with Crippen LogP contribution in [0.5, 0.6) is 0 Å². The largest absolute Gasteiger partial charge is 0.381 e. The predicted octanol–water partition coefficient (Wildman–Crippen LogP) is 1.75. The van der Waals surface area contributed by atoms with Gasteiger partial charge in [0.25, 0.3) is 0 Å². The molecule has 1 aromatic heterocycles. The van der Waals surface area contributed by atoms with E-state index in [4.69, 9.17) is 9.26 Å². The molecule has 0 spiro atoms. The van der Waals surface area contributed by atoms with Crippen LogP contribution in [0.2, 0.25) is 0 Å². The summed E-state index contributed by atoms with van der Waals surface area (Å²) in [6, 6.07) is 10.0. The maximum atomic E-state index is 12.0. The van der Waals surface area contributed by atoms with Crippen LogP contribution in [0.25, 0.3) is 0 Å². The summed E-state index contributed by atoms with van der Waals surface area (Å²) in [6.07, 6.45) is 2.80. The van der Waals surface area contributed by atoms with Gasteiger partial charge in [0.1, 0.15) is 0 Å². The summed E-state index contributed by atoms with van der Waals surface area (Å²) in [7, 11) is 0. The van der Waals surface area contributed by atoms with E-state index in [2.05, 4.69) is 15.5 Å². The Morgan fingerprint density at radius 2 is 2.00 bits per heavy atom. The van der Waals surface area contributed by atoms with E-state index in [1.165, 1.54) is 0 Å². The van der Waals surface area contributed by atoms with E-state index in [1.54, 1.807) is 0 Å². The molecule has 1 amide bonds. The Morgan fingerprint density at radius 1 is 1.22 bits per heavy atom. The summed E-state index contributed by atoms with van der Waals surface area (Å²) in [5, 5.41) is 6.92. The highest BCUT2D eigenvalue weighted by Crippen LogP contribution is 2.14. The molecule has 0 radical (unpaired) electrons. The minimum absolute atomic E-state index is 0.0695. The summed E-state index contributed by atoms with van der Waals surface area (Å²) >= 11 is 0. The number of carbonyl (C=O) groups excluding carboxylic acids is 1. The van der Waals surface area contributed by atoms with Gasteiger partial charge in [-0.05, 0) is 18.4 Å². The number of nitrogens with zero attached hydrogens (tertiary/aromatic N) is 2. The van der Waals surface area contributed by atoms with Crippen LogP contribution in [0.15, 0.2) is 34.9 Å². The number of ether oxygens (including phenoxy) is 1. The van der Waals surface area contributed by atoms with Crippen molar-refractivity contribution < 1.29 is 14.1 Å². The highest BCUT2D eigenvalue weighted by Gasteiger charge is 2.21. The number of nitrogens with one attached hydrogen (secondary N) is 1. The lowest BCUT2D eigenvalue weighted by Gasteiger charge is -2.20. The van der Waals surface area contributed by atoms with Gasteiger partial charge in [0, 0.05) is 38.5 Å². The normalized spacial score (nSPS) is 15.5. The summed E-state index contributed by atoms with van der Waals surface area (Å²) in [5.74, 6) is 1.39. The smallest absolute Gasteiger partial charge is 0.228 e. The van der Waals surface area contributed by atoms with Gasteiger partial charge in [-0.15, -0.1) is 0 Å². The van der Waals surface area contributed by atoms with Gasteiger partial charge in [-0.2, -0.15) is 4.98 Å². The lowest BCUT2D eigenvalue weighted by Crippen LogP contribution is -2.35. The van der Waals surface area contributed by atoms with E-state index < -0.39 is 0 Å². The van der Waals surface area contributed by atoms with Crippen LogP contribution in [0.1, 0.15) is 30.1 Å². The van der Waals surface area contributed by atoms with Crippen LogP contribution in [0.3, 0.4) is 0 Å². The van der Waals surface area contributed by atoms with Crippen molar-refractivity contribution in [3.63, 3.8) is 0 Å². The fourth-order valence-corrected chi connectivity index (χ4v) is 2.64. The van der Waals surface area contributed by atoms with E-state index in [-0.39, 0.29) is 11.8 Å². The third-order valence-corrected chi connectivity index (χ3v) is 3.95. The van der Waals surface area contributed by atoms with Crippen molar-refractivity contribution in [2.45, 2.75) is 25.7 Å². The highest BCUT2D eigenvalue weighted by molar-refractivity contribution is 5.78. The molecule has 1 aliphatic rings. The van der Waals surface area contributed by atoms with Crippen molar-refractivity contribution >= 4 is 5.91 Å². The SMILES string of the molecule is O=C(NCCc1nc(Cc2ccccc2)no1)C1CCOCC1. The zero-order chi connectivity index (χ0) is 15.9. The first-order valence-electron chi connectivity index (χ1n) is 8.02. The third-order valence-electron chi connectivity index (χ3n) is 3.95. The number of amides is 1. The molecule has 1 aliphatic heterocycles. The highest BCUT2D eigenvalue weighted by atomic mass is 16.5. The van der Waals surface area contributed by atoms with E-state index in [0.717, 1.165) is 18.4 Å². The predicted molar refractivity (Wildman–Crippen MR) is 83.8 cm³/mol. The van der Waals surface area contributed by atoms with Crippen LogP contribution >= 0.6 is 0 Å². The maximum absolute atomic E-state index is 12.0. The van der Waals surface area contributed by atoms with Gasteiger partial charge in [0.2, 0.25) is 11.8 Å². The summed E-state index contributed by atoms with van der Waals surface area (Å²) in [6.45, 7) is 1.86. The number of carbonyl (C=O) groups is 1. The summed E-state index contributed by atoms with van der Waals surface area (Å²) < 4.78 is 10.5. The molecule has 0 saturated carbocycles. The molecule has 0 atom stereocenters. The average Bonchev–Trinajstić information content (AvgIpc) is 3.04. The molecular weight excluding hydrogens is 294 g/mol. The molecule has 122 valence electrons. The van der Waals surface area contributed by atoms with E-state index in [0.29, 0.717) is 44.3 Å². The Bertz CT molecular complexity index is 621. The van der Waals surface area contributed by atoms with Crippen LogP contribution in [0.4, 0.5) is 0 Å². The molecule has 1 aromatic carbocycles. The molecule has 1 fully saturated rings. The molecule has 2 aromatic rings. The average molecular weight is 315 g/mol. The van der Waals surface area contributed by atoms with E-state index in [1.807, 2.05) is 30.3 Å². The van der Waals surface area contributed by atoms with Crippen LogP contribution in [0, 0.1) is 5.92 Å². The van der Waals surface area contributed by atoms with Gasteiger partial charge in [-0.1, -0.05) is 35.5 Å². The monoisotopic (exact) mass is 315 g/mol. The Kier molecular flexibility index (Phi) is 5.37. The van der Waals surface area contributed by atoms with Crippen LogP contribution in [-0.4, -0.2) is 35.8 Å². The lowest BCUT2D eigenvalue weighted by molar-refractivity contribution is -0.127. The van der Waals surface area contributed by atoms with Gasteiger partial charge in [0.05, 0.1) is 0 Å². The zero-order valence-electron chi connectivity index (χ0n) is 13.0. The van der Waals surface area contributed by atoms with E-state index in [9.17, 15) is 4.79 Å². The second-order valence-corrected chi connectivity index (χ2v) is 5.69. The first-order valence-corrected chi connectivity index (χ1v) is 8.02. The van der Waals surface area contributed by atoms with Gasteiger partial charge in [0.15, 0.2) is 5.82 Å². The van der Waals surface area contributed by atoms with Crippen molar-refractivity contribution in [1.29, 1.82) is 0 Å². The van der Waals surface area contributed by atoms with Gasteiger partial charge < -0.3 is 14.6 Å². The molecule has 2 heterocycles. The Balaban J connectivity index is 1.43. The Morgan fingerprint density at radius 3 is 2.78 bits per heavy atom. The number of aromatic nitrogens is 2. The summed E-state index contributed by atoms with van der Waals surface area (Å²) in [4.78, 5) is 16.4. The van der Waals surface area contributed by atoms with Crippen molar-refractivity contribution in [3.05, 3.63) is 47.6 Å². The van der Waals surface area contributed by atoms with E-state index >= 15 is 0 Å². The second kappa shape index (κ2) is 7.87. The quantitative estimate of drug-likeness (QED) is 0.878. The molecule has 0 bridgehead atoms. The van der Waals surface area contributed by atoms with Crippen LogP contribution < -0.4 is 5.32 Å². The number of hydrogen-bond donors (Lipinski definition) is 1. The van der Waals surface area contributed by atoms with Gasteiger partial charge >= 0.3 is 0 Å². The van der Waals surface area contributed by atoms with Gasteiger partial charge in [-0.25, -0.2) is 0 Å². The maximum Gasteiger partial charge on any atom is 0.228 e. The van der Waals surface area contributed by atoms with Crippen molar-refractivity contribution in [1.82, 2.24) is 15.5 Å². The molecule has 6 heteroatoms. The van der Waals surface area contributed by atoms with Crippen molar-refractivity contribution in [2.24, 2.45) is 5.92 Å². The van der Waals surface area contributed by atoms with Crippen molar-refractivity contribution in [3.8, 4) is 0 Å². The molecule has 23 heavy (non-hydrogen) atoms. The minimum Gasteiger partial charge on any atom is -0.381 e. The minimum atomic E-state index is 0.0695. The first kappa shape index (κ1) is 15.7. The Hall–Kier alpha value is -2.21. The molecule has 1 saturated heterocycles. The number of rotatable bonds is 6. The summed E-state index contributed by atoms with van der Waals surface area (Å²) in [5.41, 5.74) is 1.15. The Labute approximate surface area is 135 Å². The second-order valence-electron chi connectivity index (χ2n) is 5.69. The first-order chi connectivity index (χ1) is 11.3. The lowest BCUT2D eigenvalue weighted by atomic mass is 9.99. The molecule has 1 N–H and O–H groups in total. The van der Waals surface area contributed by atoms with Crippen molar-refractivity contribution in [2.75, 3.05) is 19.8 Å². The number of benzene rings is 1. The molecular formula is C17H21N3O3.